The molecule has 2 rings (SSSR count). The summed E-state index contributed by atoms with van der Waals surface area (Å²) in [6.07, 6.45) is -1.07. The highest BCUT2D eigenvalue weighted by molar-refractivity contribution is 5.84. The fraction of sp³-hybridized carbons (Fsp3) is 0.231. The van der Waals surface area contributed by atoms with Gasteiger partial charge in [0.15, 0.2) is 11.3 Å². The molecule has 0 bridgehead atoms. The third-order valence-corrected chi connectivity index (χ3v) is 2.99. The number of carbonyl (C=O) groups is 2. The Bertz CT molecular complexity index is 882. The lowest BCUT2D eigenvalue weighted by atomic mass is 10.2. The van der Waals surface area contributed by atoms with Crippen molar-refractivity contribution in [2.24, 2.45) is 5.73 Å². The number of hydrogen-bond acceptors (Lipinski definition) is 8. The number of fused-ring (bicyclic) bond motifs is 1. The van der Waals surface area contributed by atoms with E-state index in [1.54, 1.807) is 0 Å². The Morgan fingerprint density at radius 1 is 1.39 bits per heavy atom. The van der Waals surface area contributed by atoms with Crippen LogP contribution in [0.15, 0.2) is 32.2 Å². The molecule has 10 heteroatoms. The standard InChI is InChI=1S/C13H12N2O8/c1-21-13(20)22-8-4-2-3-6-9(8)23-12(19)15(11(6)18)7(5-16)10(14)17/h2-4,7,16H,5H2,1H3,(H2,14,17)/t7-/m0/s1. The number of nitrogens with zero attached hydrogens (tertiary/aromatic N) is 1. The molecule has 122 valence electrons. The molecule has 0 saturated heterocycles. The Kier molecular flexibility index (Phi) is 4.46. The van der Waals surface area contributed by atoms with E-state index in [2.05, 4.69) is 4.74 Å². The van der Waals surface area contributed by atoms with Gasteiger partial charge in [-0.15, -0.1) is 0 Å². The van der Waals surface area contributed by atoms with Gasteiger partial charge in [0.2, 0.25) is 5.91 Å². The van der Waals surface area contributed by atoms with Gasteiger partial charge in [0.25, 0.3) is 5.56 Å². The van der Waals surface area contributed by atoms with Crippen molar-refractivity contribution in [3.8, 4) is 5.75 Å². The lowest BCUT2D eigenvalue weighted by molar-refractivity contribution is -0.122. The molecule has 1 heterocycles. The van der Waals surface area contributed by atoms with Crippen LogP contribution in [0.3, 0.4) is 0 Å². The molecular formula is C13H12N2O8. The van der Waals surface area contributed by atoms with Gasteiger partial charge in [-0.05, 0) is 12.1 Å². The smallest absolute Gasteiger partial charge is 0.437 e. The second-order valence-electron chi connectivity index (χ2n) is 4.33. The van der Waals surface area contributed by atoms with Crippen LogP contribution >= 0.6 is 0 Å². The number of aliphatic hydroxyl groups is 1. The molecule has 10 nitrogen and oxygen atoms in total. The van der Waals surface area contributed by atoms with Crippen LogP contribution in [-0.4, -0.2) is 35.5 Å². The summed E-state index contributed by atoms with van der Waals surface area (Å²) in [5.74, 6) is -2.53. The van der Waals surface area contributed by atoms with Crippen molar-refractivity contribution in [3.05, 3.63) is 39.1 Å². The first-order chi connectivity index (χ1) is 10.9. The van der Waals surface area contributed by atoms with Gasteiger partial charge in [0, 0.05) is 0 Å². The predicted molar refractivity (Wildman–Crippen MR) is 75.1 cm³/mol. The van der Waals surface area contributed by atoms with E-state index in [4.69, 9.17) is 20.0 Å². The zero-order valence-electron chi connectivity index (χ0n) is 11.8. The summed E-state index contributed by atoms with van der Waals surface area (Å²) >= 11 is 0. The van der Waals surface area contributed by atoms with Crippen LogP contribution in [0, 0.1) is 0 Å². The monoisotopic (exact) mass is 324 g/mol. The molecule has 0 aliphatic heterocycles. The Morgan fingerprint density at radius 3 is 2.65 bits per heavy atom. The maximum absolute atomic E-state index is 12.4. The number of nitrogens with two attached hydrogens (primary N) is 1. The third kappa shape index (κ3) is 2.92. The first-order valence-corrected chi connectivity index (χ1v) is 6.25. The number of methoxy groups -OCH3 is 1. The van der Waals surface area contributed by atoms with Gasteiger partial charge < -0.3 is 24.7 Å². The Labute approximate surface area is 127 Å². The number of rotatable bonds is 4. The fourth-order valence-corrected chi connectivity index (χ4v) is 1.92. The van der Waals surface area contributed by atoms with Gasteiger partial charge >= 0.3 is 11.9 Å². The van der Waals surface area contributed by atoms with E-state index in [0.29, 0.717) is 4.57 Å². The highest BCUT2D eigenvalue weighted by atomic mass is 16.7. The SMILES string of the molecule is COC(=O)Oc1cccc2c(=O)n([C@@H](CO)C(N)=O)c(=O)oc12. The van der Waals surface area contributed by atoms with Crippen LogP contribution in [0.2, 0.25) is 0 Å². The van der Waals surface area contributed by atoms with Crippen molar-refractivity contribution in [2.45, 2.75) is 6.04 Å². The van der Waals surface area contributed by atoms with E-state index in [1.807, 2.05) is 0 Å². The van der Waals surface area contributed by atoms with Gasteiger partial charge in [0.1, 0.15) is 6.04 Å². The number of ether oxygens (including phenoxy) is 2. The summed E-state index contributed by atoms with van der Waals surface area (Å²) < 4.78 is 14.4. The molecule has 1 aromatic carbocycles. The van der Waals surface area contributed by atoms with E-state index in [9.17, 15) is 19.2 Å². The molecule has 3 N–H and O–H groups in total. The number of carbonyl (C=O) groups excluding carboxylic acids is 2. The summed E-state index contributed by atoms with van der Waals surface area (Å²) in [6, 6.07) is 2.36. The quantitative estimate of drug-likeness (QED) is 0.543. The first-order valence-electron chi connectivity index (χ1n) is 6.25. The van der Waals surface area contributed by atoms with Gasteiger partial charge in [-0.1, -0.05) is 6.07 Å². The minimum absolute atomic E-state index is 0.147. The Morgan fingerprint density at radius 2 is 2.09 bits per heavy atom. The molecule has 0 aliphatic carbocycles. The third-order valence-electron chi connectivity index (χ3n) is 2.99. The topological polar surface area (TPSA) is 151 Å². The van der Waals surface area contributed by atoms with E-state index in [0.717, 1.165) is 7.11 Å². The Balaban J connectivity index is 2.74. The molecule has 1 aromatic heterocycles. The van der Waals surface area contributed by atoms with Crippen LogP contribution in [-0.2, 0) is 9.53 Å². The lowest BCUT2D eigenvalue weighted by Gasteiger charge is -2.13. The number of hydrogen-bond donors (Lipinski definition) is 2. The van der Waals surface area contributed by atoms with E-state index in [-0.39, 0.29) is 16.7 Å². The van der Waals surface area contributed by atoms with Crippen molar-refractivity contribution in [1.82, 2.24) is 4.57 Å². The Hall–Kier alpha value is -3.14. The van der Waals surface area contributed by atoms with Crippen molar-refractivity contribution < 1.29 is 28.6 Å². The molecule has 0 spiro atoms. The molecule has 0 fully saturated rings. The summed E-state index contributed by atoms with van der Waals surface area (Å²) in [5, 5.41) is 9.00. The van der Waals surface area contributed by atoms with Crippen LogP contribution in [0.5, 0.6) is 5.75 Å². The molecular weight excluding hydrogens is 312 g/mol. The summed E-state index contributed by atoms with van der Waals surface area (Å²) in [6.45, 7) is -0.857. The summed E-state index contributed by atoms with van der Waals surface area (Å²) in [5.41, 5.74) is 3.82. The van der Waals surface area contributed by atoms with Crippen LogP contribution in [0.1, 0.15) is 6.04 Å². The lowest BCUT2D eigenvalue weighted by Crippen LogP contribution is -2.43. The van der Waals surface area contributed by atoms with Crippen LogP contribution < -0.4 is 21.8 Å². The number of primary amides is 1. The van der Waals surface area contributed by atoms with Crippen molar-refractivity contribution in [2.75, 3.05) is 13.7 Å². The van der Waals surface area contributed by atoms with Gasteiger partial charge in [-0.3, -0.25) is 9.59 Å². The highest BCUT2D eigenvalue weighted by Gasteiger charge is 2.24. The maximum Gasteiger partial charge on any atom is 0.513 e. The highest BCUT2D eigenvalue weighted by Crippen LogP contribution is 2.22. The van der Waals surface area contributed by atoms with E-state index < -0.39 is 36.0 Å². The first kappa shape index (κ1) is 16.2. The molecule has 0 unspecified atom stereocenters. The van der Waals surface area contributed by atoms with Crippen molar-refractivity contribution in [3.63, 3.8) is 0 Å². The normalized spacial score (nSPS) is 11.9. The molecule has 0 aliphatic rings. The maximum atomic E-state index is 12.4. The second-order valence-corrected chi connectivity index (χ2v) is 4.33. The van der Waals surface area contributed by atoms with E-state index >= 15 is 0 Å². The molecule has 1 amide bonds. The number of benzene rings is 1. The zero-order chi connectivity index (χ0) is 17.1. The number of aliphatic hydroxyl groups excluding tert-OH is 1. The van der Waals surface area contributed by atoms with Gasteiger partial charge in [-0.25, -0.2) is 14.2 Å². The molecule has 0 radical (unpaired) electrons. The van der Waals surface area contributed by atoms with Crippen LogP contribution in [0.25, 0.3) is 11.0 Å². The number of aromatic nitrogens is 1. The minimum Gasteiger partial charge on any atom is -0.437 e. The van der Waals surface area contributed by atoms with Crippen molar-refractivity contribution >= 4 is 23.0 Å². The molecule has 1 atom stereocenters. The molecule has 0 saturated carbocycles. The fourth-order valence-electron chi connectivity index (χ4n) is 1.92. The van der Waals surface area contributed by atoms with E-state index in [1.165, 1.54) is 18.2 Å². The largest absolute Gasteiger partial charge is 0.513 e. The number of para-hydroxylation sites is 1. The average Bonchev–Trinajstić information content (AvgIpc) is 2.51. The van der Waals surface area contributed by atoms with Gasteiger partial charge in [0.05, 0.1) is 19.1 Å². The molecule has 23 heavy (non-hydrogen) atoms. The minimum atomic E-state index is -1.58. The number of amides is 1. The van der Waals surface area contributed by atoms with Gasteiger partial charge in [-0.2, -0.15) is 0 Å². The predicted octanol–water partition coefficient (Wildman–Crippen LogP) is -0.881. The second kappa shape index (κ2) is 6.32. The summed E-state index contributed by atoms with van der Waals surface area (Å²) in [7, 11) is 1.08. The molecule has 2 aromatic rings. The summed E-state index contributed by atoms with van der Waals surface area (Å²) in [4.78, 5) is 46.8. The van der Waals surface area contributed by atoms with Crippen LogP contribution in [0.4, 0.5) is 4.79 Å². The van der Waals surface area contributed by atoms with Crippen molar-refractivity contribution in [1.29, 1.82) is 0 Å². The average molecular weight is 324 g/mol. The zero-order valence-corrected chi connectivity index (χ0v) is 11.8.